The molecule has 2 atom stereocenters. The van der Waals surface area contributed by atoms with Crippen molar-refractivity contribution in [1.82, 2.24) is 4.57 Å². The number of aromatic nitrogens is 1. The molecule has 0 fully saturated rings. The summed E-state index contributed by atoms with van der Waals surface area (Å²) in [5.41, 5.74) is -0.00533. The Morgan fingerprint density at radius 3 is 2.82 bits per heavy atom. The van der Waals surface area contributed by atoms with E-state index in [-0.39, 0.29) is 16.9 Å². The molecule has 1 N–H and O–H groups in total. The Morgan fingerprint density at radius 1 is 1.47 bits per heavy atom. The van der Waals surface area contributed by atoms with E-state index in [1.165, 1.54) is 0 Å². The fraction of sp³-hybridized carbons (Fsp3) is 0.615. The van der Waals surface area contributed by atoms with Crippen LogP contribution in [0.3, 0.4) is 0 Å². The third-order valence-corrected chi connectivity index (χ3v) is 3.93. The van der Waals surface area contributed by atoms with Gasteiger partial charge in [0.25, 0.3) is 5.56 Å². The van der Waals surface area contributed by atoms with Gasteiger partial charge < -0.3 is 9.67 Å². The Hall–Kier alpha value is -0.740. The molecule has 0 saturated heterocycles. The molecule has 0 aliphatic heterocycles. The molecule has 1 aromatic heterocycles. The topological polar surface area (TPSA) is 42.2 Å². The fourth-order valence-electron chi connectivity index (χ4n) is 1.76. The maximum absolute atomic E-state index is 11.6. The molecule has 0 radical (unpaired) electrons. The molecule has 0 amide bonds. The summed E-state index contributed by atoms with van der Waals surface area (Å²) in [6, 6.07) is 5.13. The normalized spacial score (nSPS) is 14.5. The van der Waals surface area contributed by atoms with Crippen LogP contribution in [0.25, 0.3) is 0 Å². The molecule has 0 unspecified atom stereocenters. The Kier molecular flexibility index (Phi) is 6.37. The zero-order valence-electron chi connectivity index (χ0n) is 10.5. The van der Waals surface area contributed by atoms with Crippen LogP contribution in [0.5, 0.6) is 0 Å². The van der Waals surface area contributed by atoms with Gasteiger partial charge >= 0.3 is 0 Å². The first kappa shape index (κ1) is 14.3. The fourth-order valence-corrected chi connectivity index (χ4v) is 2.52. The van der Waals surface area contributed by atoms with Crippen LogP contribution in [0.1, 0.15) is 26.2 Å². The molecular formula is C13H21NO2S. The maximum Gasteiger partial charge on any atom is 0.250 e. The molecule has 3 nitrogen and oxygen atoms in total. The van der Waals surface area contributed by atoms with Crippen LogP contribution in [0, 0.1) is 0 Å². The largest absolute Gasteiger partial charge is 0.392 e. The lowest BCUT2D eigenvalue weighted by Gasteiger charge is -2.21. The summed E-state index contributed by atoms with van der Waals surface area (Å²) in [7, 11) is 0. The van der Waals surface area contributed by atoms with E-state index >= 15 is 0 Å². The van der Waals surface area contributed by atoms with Gasteiger partial charge in [-0.2, -0.15) is 11.8 Å². The summed E-state index contributed by atoms with van der Waals surface area (Å²) in [4.78, 5) is 11.6. The number of aliphatic hydroxyl groups is 1. The summed E-state index contributed by atoms with van der Waals surface area (Å²) in [6.45, 7) is 2.69. The van der Waals surface area contributed by atoms with Crippen LogP contribution in [0.15, 0.2) is 29.2 Å². The lowest BCUT2D eigenvalue weighted by molar-refractivity contribution is 0.152. The molecule has 1 rings (SSSR count). The number of nitrogens with zero attached hydrogens (tertiary/aromatic N) is 1. The number of aliphatic hydroxyl groups excluding tert-OH is 1. The predicted molar refractivity (Wildman–Crippen MR) is 73.5 cm³/mol. The minimum atomic E-state index is -0.336. The van der Waals surface area contributed by atoms with Gasteiger partial charge in [0.15, 0.2) is 0 Å². The number of rotatable bonds is 7. The first-order valence-electron chi connectivity index (χ1n) is 6.05. The highest BCUT2D eigenvalue weighted by Crippen LogP contribution is 2.17. The summed E-state index contributed by atoms with van der Waals surface area (Å²) in [5, 5.41) is 10.1. The van der Waals surface area contributed by atoms with Crippen LogP contribution in [-0.4, -0.2) is 27.3 Å². The van der Waals surface area contributed by atoms with Crippen molar-refractivity contribution >= 4 is 11.8 Å². The number of hydrogen-bond acceptors (Lipinski definition) is 3. The summed E-state index contributed by atoms with van der Waals surface area (Å²) < 4.78 is 1.66. The third-order valence-electron chi connectivity index (χ3n) is 2.86. The van der Waals surface area contributed by atoms with Crippen LogP contribution in [0.4, 0.5) is 0 Å². The van der Waals surface area contributed by atoms with Crippen molar-refractivity contribution in [3.63, 3.8) is 0 Å². The Labute approximate surface area is 107 Å². The molecule has 0 aliphatic rings. The predicted octanol–water partition coefficient (Wildman–Crippen LogP) is 2.13. The number of pyridine rings is 1. The Morgan fingerprint density at radius 2 is 2.24 bits per heavy atom. The average molecular weight is 255 g/mol. The van der Waals surface area contributed by atoms with Gasteiger partial charge in [-0.15, -0.1) is 0 Å². The van der Waals surface area contributed by atoms with E-state index in [1.807, 2.05) is 12.3 Å². The molecule has 1 heterocycles. The van der Waals surface area contributed by atoms with Gasteiger partial charge in [-0.3, -0.25) is 4.79 Å². The average Bonchev–Trinajstić information content (AvgIpc) is 2.35. The van der Waals surface area contributed by atoms with E-state index in [1.54, 1.807) is 34.7 Å². The van der Waals surface area contributed by atoms with Crippen LogP contribution in [-0.2, 0) is 6.54 Å². The van der Waals surface area contributed by atoms with Gasteiger partial charge in [0.1, 0.15) is 0 Å². The molecular weight excluding hydrogens is 234 g/mol. The van der Waals surface area contributed by atoms with Crippen molar-refractivity contribution < 1.29 is 5.11 Å². The number of thioether (sulfide) groups is 1. The smallest absolute Gasteiger partial charge is 0.250 e. The molecule has 0 spiro atoms. The van der Waals surface area contributed by atoms with E-state index in [2.05, 4.69) is 6.92 Å². The molecule has 1 aromatic rings. The van der Waals surface area contributed by atoms with E-state index in [0.29, 0.717) is 6.54 Å². The van der Waals surface area contributed by atoms with E-state index in [4.69, 9.17) is 0 Å². The van der Waals surface area contributed by atoms with Gasteiger partial charge in [-0.05, 0) is 18.7 Å². The van der Waals surface area contributed by atoms with Crippen molar-refractivity contribution in [2.24, 2.45) is 0 Å². The zero-order chi connectivity index (χ0) is 12.7. The second-order valence-electron chi connectivity index (χ2n) is 4.17. The first-order chi connectivity index (χ1) is 8.19. The molecule has 0 bridgehead atoms. The molecule has 96 valence electrons. The second kappa shape index (κ2) is 7.56. The minimum absolute atomic E-state index is 0.00533. The Balaban J connectivity index is 2.63. The van der Waals surface area contributed by atoms with Crippen molar-refractivity contribution in [3.05, 3.63) is 34.7 Å². The summed E-state index contributed by atoms with van der Waals surface area (Å²) in [6.07, 6.45) is 6.35. The van der Waals surface area contributed by atoms with Gasteiger partial charge in [-0.1, -0.05) is 25.8 Å². The van der Waals surface area contributed by atoms with Gasteiger partial charge in [0.2, 0.25) is 0 Å². The van der Waals surface area contributed by atoms with Crippen LogP contribution < -0.4 is 5.56 Å². The standard InChI is InChI=1S/C13H21NO2S/c1-3-4-7-11(15)12(17-2)10-14-9-6-5-8-13(14)16/h5-6,8-9,11-12,15H,3-4,7,10H2,1-2H3/t11-,12+/m0/s1. The van der Waals surface area contributed by atoms with Gasteiger partial charge in [0, 0.05) is 24.1 Å². The van der Waals surface area contributed by atoms with Crippen LogP contribution in [0.2, 0.25) is 0 Å². The monoisotopic (exact) mass is 255 g/mol. The highest BCUT2D eigenvalue weighted by molar-refractivity contribution is 7.99. The highest BCUT2D eigenvalue weighted by atomic mass is 32.2. The number of hydrogen-bond donors (Lipinski definition) is 1. The molecule has 4 heteroatoms. The zero-order valence-corrected chi connectivity index (χ0v) is 11.3. The molecule has 0 saturated carbocycles. The SMILES string of the molecule is CCCC[C@H](O)[C@@H](Cn1ccccc1=O)SC. The van der Waals surface area contributed by atoms with E-state index < -0.39 is 0 Å². The second-order valence-corrected chi connectivity index (χ2v) is 5.25. The van der Waals surface area contributed by atoms with Crippen molar-refractivity contribution in [3.8, 4) is 0 Å². The molecule has 0 aliphatic carbocycles. The summed E-state index contributed by atoms with van der Waals surface area (Å²) >= 11 is 1.62. The highest BCUT2D eigenvalue weighted by Gasteiger charge is 2.18. The molecule has 17 heavy (non-hydrogen) atoms. The van der Waals surface area contributed by atoms with Crippen molar-refractivity contribution in [2.75, 3.05) is 6.26 Å². The molecule has 0 aromatic carbocycles. The lowest BCUT2D eigenvalue weighted by Crippen LogP contribution is -2.31. The third kappa shape index (κ3) is 4.56. The van der Waals surface area contributed by atoms with Crippen molar-refractivity contribution in [2.45, 2.75) is 44.1 Å². The number of unbranched alkanes of at least 4 members (excludes halogenated alkanes) is 1. The maximum atomic E-state index is 11.6. The minimum Gasteiger partial charge on any atom is -0.392 e. The van der Waals surface area contributed by atoms with Gasteiger partial charge in [-0.25, -0.2) is 0 Å². The van der Waals surface area contributed by atoms with Crippen LogP contribution >= 0.6 is 11.8 Å². The summed E-state index contributed by atoms with van der Waals surface area (Å²) in [5.74, 6) is 0. The van der Waals surface area contributed by atoms with E-state index in [9.17, 15) is 9.90 Å². The first-order valence-corrected chi connectivity index (χ1v) is 7.34. The van der Waals surface area contributed by atoms with E-state index in [0.717, 1.165) is 19.3 Å². The lowest BCUT2D eigenvalue weighted by atomic mass is 10.1. The van der Waals surface area contributed by atoms with Gasteiger partial charge in [0.05, 0.1) is 6.10 Å². The quantitative estimate of drug-likeness (QED) is 0.811. The Bertz CT molecular complexity index is 378. The van der Waals surface area contributed by atoms with Crippen molar-refractivity contribution in [1.29, 1.82) is 0 Å².